The topological polar surface area (TPSA) is 65.4 Å². The van der Waals surface area contributed by atoms with Crippen molar-refractivity contribution in [2.45, 2.75) is 39.3 Å². The average molecular weight is 381 g/mol. The van der Waals surface area contributed by atoms with E-state index in [-0.39, 0.29) is 18.0 Å². The Morgan fingerprint density at radius 1 is 1.07 bits per heavy atom. The van der Waals surface area contributed by atoms with Gasteiger partial charge >= 0.3 is 0 Å². The van der Waals surface area contributed by atoms with Gasteiger partial charge in [-0.25, -0.2) is 4.98 Å². The predicted octanol–water partition coefficient (Wildman–Crippen LogP) is 3.56. The van der Waals surface area contributed by atoms with E-state index in [4.69, 9.17) is 14.5 Å². The van der Waals surface area contributed by atoms with Gasteiger partial charge < -0.3 is 19.4 Å². The molecule has 1 N–H and O–H groups in total. The number of rotatable bonds is 6. The minimum atomic E-state index is -0.281. The summed E-state index contributed by atoms with van der Waals surface area (Å²) < 4.78 is 12.7. The first-order valence-corrected chi connectivity index (χ1v) is 9.27. The highest BCUT2D eigenvalue weighted by atomic mass is 16.5. The molecule has 0 atom stereocenters. The fraction of sp³-hybridized carbons (Fsp3) is 0.364. The second-order valence-corrected chi connectivity index (χ2v) is 7.77. The number of carbonyl (C=O) groups excluding carboxylic acids is 1. The highest BCUT2D eigenvalue weighted by molar-refractivity contribution is 5.81. The maximum Gasteiger partial charge on any atom is 0.240 e. The lowest BCUT2D eigenvalue weighted by Gasteiger charge is -2.21. The molecule has 3 aromatic rings. The van der Waals surface area contributed by atoms with Gasteiger partial charge in [0.1, 0.15) is 12.4 Å². The number of nitrogens with one attached hydrogen (secondary N) is 1. The van der Waals surface area contributed by atoms with Crippen molar-refractivity contribution in [3.8, 4) is 11.5 Å². The van der Waals surface area contributed by atoms with Gasteiger partial charge in [-0.1, -0.05) is 18.2 Å². The zero-order valence-corrected chi connectivity index (χ0v) is 17.1. The number of fused-ring (bicyclic) bond motifs is 1. The number of methoxy groups -OCH3 is 2. The Labute approximate surface area is 165 Å². The van der Waals surface area contributed by atoms with E-state index in [1.165, 1.54) is 0 Å². The lowest BCUT2D eigenvalue weighted by molar-refractivity contribution is -0.123. The standard InChI is InChI=1S/C22H27N3O3/c1-22(2,3)24-21(26)14-25-17-9-7-6-8-16(17)23-20(25)13-15-10-11-18(27-4)19(12-15)28-5/h6-12H,13-14H2,1-5H3,(H,24,26). The zero-order valence-electron chi connectivity index (χ0n) is 17.1. The summed E-state index contributed by atoms with van der Waals surface area (Å²) in [5, 5.41) is 3.02. The third kappa shape index (κ3) is 4.44. The monoisotopic (exact) mass is 381 g/mol. The maximum absolute atomic E-state index is 12.6. The molecule has 148 valence electrons. The molecular weight excluding hydrogens is 354 g/mol. The molecule has 0 bridgehead atoms. The molecule has 28 heavy (non-hydrogen) atoms. The first-order chi connectivity index (χ1) is 13.3. The van der Waals surface area contributed by atoms with E-state index in [1.54, 1.807) is 14.2 Å². The van der Waals surface area contributed by atoms with Gasteiger partial charge in [-0.2, -0.15) is 0 Å². The summed E-state index contributed by atoms with van der Waals surface area (Å²) in [6, 6.07) is 13.7. The molecular formula is C22H27N3O3. The van der Waals surface area contributed by atoms with Crippen molar-refractivity contribution >= 4 is 16.9 Å². The van der Waals surface area contributed by atoms with E-state index in [0.29, 0.717) is 17.9 Å². The fourth-order valence-corrected chi connectivity index (χ4v) is 3.21. The summed E-state index contributed by atoms with van der Waals surface area (Å²) in [4.78, 5) is 17.3. The smallest absolute Gasteiger partial charge is 0.240 e. The van der Waals surface area contributed by atoms with Crippen molar-refractivity contribution in [3.05, 3.63) is 53.9 Å². The zero-order chi connectivity index (χ0) is 20.3. The molecule has 0 unspecified atom stereocenters. The number of hydrogen-bond donors (Lipinski definition) is 1. The van der Waals surface area contributed by atoms with Crippen LogP contribution < -0.4 is 14.8 Å². The molecule has 1 heterocycles. The molecule has 1 amide bonds. The van der Waals surface area contributed by atoms with Crippen LogP contribution in [0.25, 0.3) is 11.0 Å². The van der Waals surface area contributed by atoms with Crippen molar-refractivity contribution in [3.63, 3.8) is 0 Å². The lowest BCUT2D eigenvalue weighted by Crippen LogP contribution is -2.42. The number of amides is 1. The number of imidazole rings is 1. The third-order valence-corrected chi connectivity index (χ3v) is 4.36. The van der Waals surface area contributed by atoms with E-state index < -0.39 is 0 Å². The normalized spacial score (nSPS) is 11.5. The molecule has 0 saturated carbocycles. The highest BCUT2D eigenvalue weighted by Crippen LogP contribution is 2.29. The SMILES string of the molecule is COc1ccc(Cc2nc3ccccc3n2CC(=O)NC(C)(C)C)cc1OC. The number of ether oxygens (including phenoxy) is 2. The Bertz CT molecular complexity index is 986. The summed E-state index contributed by atoms with van der Waals surface area (Å²) in [7, 11) is 3.23. The summed E-state index contributed by atoms with van der Waals surface area (Å²) >= 11 is 0. The van der Waals surface area contributed by atoms with Crippen LogP contribution in [0.4, 0.5) is 0 Å². The second kappa shape index (κ2) is 7.92. The highest BCUT2D eigenvalue weighted by Gasteiger charge is 2.18. The van der Waals surface area contributed by atoms with Crippen LogP contribution in [0.3, 0.4) is 0 Å². The van der Waals surface area contributed by atoms with Gasteiger partial charge in [0.05, 0.1) is 25.3 Å². The Hall–Kier alpha value is -3.02. The Morgan fingerprint density at radius 2 is 1.79 bits per heavy atom. The molecule has 0 fully saturated rings. The average Bonchev–Trinajstić information content (AvgIpc) is 2.97. The molecule has 0 aliphatic carbocycles. The predicted molar refractivity (Wildman–Crippen MR) is 110 cm³/mol. The molecule has 1 aromatic heterocycles. The van der Waals surface area contributed by atoms with Crippen LogP contribution in [0, 0.1) is 0 Å². The number of hydrogen-bond acceptors (Lipinski definition) is 4. The van der Waals surface area contributed by atoms with Crippen molar-refractivity contribution in [2.24, 2.45) is 0 Å². The molecule has 6 nitrogen and oxygen atoms in total. The summed E-state index contributed by atoms with van der Waals surface area (Å²) in [5.74, 6) is 2.15. The minimum absolute atomic E-state index is 0.0378. The Balaban J connectivity index is 1.95. The first-order valence-electron chi connectivity index (χ1n) is 9.27. The number of nitrogens with zero attached hydrogens (tertiary/aromatic N) is 2. The van der Waals surface area contributed by atoms with Crippen molar-refractivity contribution in [1.29, 1.82) is 0 Å². The van der Waals surface area contributed by atoms with Crippen molar-refractivity contribution in [2.75, 3.05) is 14.2 Å². The maximum atomic E-state index is 12.6. The number of para-hydroxylation sites is 2. The summed E-state index contributed by atoms with van der Waals surface area (Å²) in [6.07, 6.45) is 0.581. The Morgan fingerprint density at radius 3 is 2.46 bits per heavy atom. The number of benzene rings is 2. The molecule has 3 rings (SSSR count). The van der Waals surface area contributed by atoms with Gasteiger partial charge in [0.15, 0.2) is 11.5 Å². The van der Waals surface area contributed by atoms with Crippen molar-refractivity contribution < 1.29 is 14.3 Å². The molecule has 0 aliphatic rings. The quantitative estimate of drug-likeness (QED) is 0.709. The van der Waals surface area contributed by atoms with Crippen LogP contribution in [0.15, 0.2) is 42.5 Å². The fourth-order valence-electron chi connectivity index (χ4n) is 3.21. The second-order valence-electron chi connectivity index (χ2n) is 7.77. The first kappa shape index (κ1) is 19.7. The molecule has 0 spiro atoms. The van der Waals surface area contributed by atoms with Crippen molar-refractivity contribution in [1.82, 2.24) is 14.9 Å². The van der Waals surface area contributed by atoms with Crippen LogP contribution in [0.1, 0.15) is 32.2 Å². The van der Waals surface area contributed by atoms with Crippen LogP contribution in [-0.4, -0.2) is 35.2 Å². The largest absolute Gasteiger partial charge is 0.493 e. The van der Waals surface area contributed by atoms with Crippen LogP contribution in [0.5, 0.6) is 11.5 Å². The van der Waals surface area contributed by atoms with Gasteiger partial charge in [0.25, 0.3) is 0 Å². The molecule has 0 saturated heterocycles. The van der Waals surface area contributed by atoms with Gasteiger partial charge in [-0.15, -0.1) is 0 Å². The molecule has 0 radical (unpaired) electrons. The van der Waals surface area contributed by atoms with Crippen LogP contribution >= 0.6 is 0 Å². The van der Waals surface area contributed by atoms with E-state index in [2.05, 4.69) is 5.32 Å². The lowest BCUT2D eigenvalue weighted by atomic mass is 10.1. The summed E-state index contributed by atoms with van der Waals surface area (Å²) in [6.45, 7) is 6.14. The van der Waals surface area contributed by atoms with Crippen LogP contribution in [-0.2, 0) is 17.8 Å². The molecule has 0 aliphatic heterocycles. The summed E-state index contributed by atoms with van der Waals surface area (Å²) in [5.41, 5.74) is 2.57. The van der Waals surface area contributed by atoms with E-state index in [9.17, 15) is 4.79 Å². The molecule has 6 heteroatoms. The van der Waals surface area contributed by atoms with Gasteiger partial charge in [0, 0.05) is 12.0 Å². The van der Waals surface area contributed by atoms with E-state index >= 15 is 0 Å². The van der Waals surface area contributed by atoms with Gasteiger partial charge in [-0.3, -0.25) is 4.79 Å². The Kier molecular flexibility index (Phi) is 5.58. The van der Waals surface area contributed by atoms with E-state index in [0.717, 1.165) is 22.4 Å². The van der Waals surface area contributed by atoms with Gasteiger partial charge in [0.2, 0.25) is 5.91 Å². The van der Waals surface area contributed by atoms with Crippen LogP contribution in [0.2, 0.25) is 0 Å². The number of carbonyl (C=O) groups is 1. The third-order valence-electron chi connectivity index (χ3n) is 4.36. The number of aromatic nitrogens is 2. The van der Waals surface area contributed by atoms with E-state index in [1.807, 2.05) is 67.8 Å². The van der Waals surface area contributed by atoms with Gasteiger partial charge in [-0.05, 0) is 50.6 Å². The molecule has 2 aromatic carbocycles. The minimum Gasteiger partial charge on any atom is -0.493 e.